The molecule has 100 valence electrons. The predicted octanol–water partition coefficient (Wildman–Crippen LogP) is 3.33. The van der Waals surface area contributed by atoms with Gasteiger partial charge in [-0.25, -0.2) is 4.98 Å². The van der Waals surface area contributed by atoms with Crippen LogP contribution in [0.4, 0.5) is 5.13 Å². The van der Waals surface area contributed by atoms with E-state index in [2.05, 4.69) is 10.3 Å². The van der Waals surface area contributed by atoms with Gasteiger partial charge in [0.25, 0.3) is 0 Å². The van der Waals surface area contributed by atoms with Crippen LogP contribution in [-0.4, -0.2) is 17.2 Å². The number of amides is 1. The van der Waals surface area contributed by atoms with Crippen LogP contribution in [0.25, 0.3) is 21.5 Å². The van der Waals surface area contributed by atoms with Crippen molar-refractivity contribution in [3.8, 4) is 11.3 Å². The fourth-order valence-electron chi connectivity index (χ4n) is 1.86. The van der Waals surface area contributed by atoms with E-state index in [1.807, 2.05) is 18.2 Å². The molecule has 0 fully saturated rings. The number of benzene rings is 1. The van der Waals surface area contributed by atoms with Gasteiger partial charge >= 0.3 is 0 Å². The first kappa shape index (κ1) is 12.6. The van der Waals surface area contributed by atoms with E-state index in [-0.39, 0.29) is 11.7 Å². The molecule has 0 atom stereocenters. The van der Waals surface area contributed by atoms with Gasteiger partial charge in [-0.1, -0.05) is 11.3 Å². The first-order valence-corrected chi connectivity index (χ1v) is 6.71. The van der Waals surface area contributed by atoms with Gasteiger partial charge in [-0.3, -0.25) is 9.59 Å². The lowest BCUT2D eigenvalue weighted by Gasteiger charge is -1.95. The predicted molar refractivity (Wildman–Crippen MR) is 77.0 cm³/mol. The summed E-state index contributed by atoms with van der Waals surface area (Å²) in [6.45, 7) is 1.45. The number of carbonyl (C=O) groups is 2. The highest BCUT2D eigenvalue weighted by molar-refractivity contribution is 7.22. The van der Waals surface area contributed by atoms with Crippen LogP contribution in [0, 0.1) is 0 Å². The zero-order valence-electron chi connectivity index (χ0n) is 10.5. The second-order valence-corrected chi connectivity index (χ2v) is 5.23. The Morgan fingerprint density at radius 3 is 2.90 bits per heavy atom. The second kappa shape index (κ2) is 4.90. The summed E-state index contributed by atoms with van der Waals surface area (Å²) in [7, 11) is 0. The quantitative estimate of drug-likeness (QED) is 0.750. The third-order valence-corrected chi connectivity index (χ3v) is 3.65. The molecule has 1 amide bonds. The van der Waals surface area contributed by atoms with E-state index >= 15 is 0 Å². The van der Waals surface area contributed by atoms with E-state index in [1.165, 1.54) is 18.3 Å². The minimum Gasteiger partial charge on any atom is -0.453 e. The van der Waals surface area contributed by atoms with Gasteiger partial charge in [0.15, 0.2) is 17.2 Å². The molecule has 20 heavy (non-hydrogen) atoms. The molecular weight excluding hydrogens is 276 g/mol. The van der Waals surface area contributed by atoms with Crippen molar-refractivity contribution in [1.82, 2.24) is 4.98 Å². The van der Waals surface area contributed by atoms with Crippen molar-refractivity contribution in [2.24, 2.45) is 0 Å². The first-order valence-electron chi connectivity index (χ1n) is 5.89. The molecule has 3 rings (SSSR count). The molecule has 0 spiro atoms. The molecule has 2 heterocycles. The monoisotopic (exact) mass is 286 g/mol. The molecule has 0 aliphatic heterocycles. The van der Waals surface area contributed by atoms with E-state index in [4.69, 9.17) is 4.42 Å². The number of hydrogen-bond donors (Lipinski definition) is 1. The molecule has 0 radical (unpaired) electrons. The Bertz CT molecular complexity index is 804. The van der Waals surface area contributed by atoms with Crippen molar-refractivity contribution in [1.29, 1.82) is 0 Å². The number of carbonyl (C=O) groups excluding carboxylic acids is 2. The molecule has 2 aromatic heterocycles. The minimum absolute atomic E-state index is 0.147. The number of nitrogens with one attached hydrogen (secondary N) is 1. The lowest BCUT2D eigenvalue weighted by molar-refractivity contribution is -0.114. The van der Waals surface area contributed by atoms with Gasteiger partial charge in [-0.15, -0.1) is 0 Å². The molecule has 0 aliphatic rings. The van der Waals surface area contributed by atoms with Crippen LogP contribution in [0.2, 0.25) is 0 Å². The first-order chi connectivity index (χ1) is 9.65. The SMILES string of the molecule is CC(=O)Nc1nc2cc(-c3ccc(C=O)o3)ccc2s1. The minimum atomic E-state index is -0.147. The summed E-state index contributed by atoms with van der Waals surface area (Å²) in [5, 5.41) is 3.23. The summed E-state index contributed by atoms with van der Waals surface area (Å²) in [6.07, 6.45) is 0.666. The highest BCUT2D eigenvalue weighted by atomic mass is 32.1. The summed E-state index contributed by atoms with van der Waals surface area (Å²) in [5.41, 5.74) is 1.62. The molecular formula is C14H10N2O3S. The Hall–Kier alpha value is -2.47. The van der Waals surface area contributed by atoms with Crippen molar-refractivity contribution in [3.05, 3.63) is 36.1 Å². The van der Waals surface area contributed by atoms with Crippen molar-refractivity contribution in [3.63, 3.8) is 0 Å². The van der Waals surface area contributed by atoms with Crippen LogP contribution in [0.3, 0.4) is 0 Å². The summed E-state index contributed by atoms with van der Waals surface area (Å²) in [5.74, 6) is 0.756. The Labute approximate surface area is 118 Å². The van der Waals surface area contributed by atoms with Crippen molar-refractivity contribution in [2.75, 3.05) is 5.32 Å². The smallest absolute Gasteiger partial charge is 0.223 e. The number of rotatable bonds is 3. The summed E-state index contributed by atoms with van der Waals surface area (Å²) < 4.78 is 6.35. The molecule has 1 aromatic carbocycles. The number of anilines is 1. The van der Waals surface area contributed by atoms with Gasteiger partial charge in [0.05, 0.1) is 10.2 Å². The maximum atomic E-state index is 11.0. The van der Waals surface area contributed by atoms with Crippen LogP contribution in [-0.2, 0) is 4.79 Å². The summed E-state index contributed by atoms with van der Waals surface area (Å²) in [4.78, 5) is 26.0. The third kappa shape index (κ3) is 2.33. The number of thiazole rings is 1. The lowest BCUT2D eigenvalue weighted by atomic mass is 10.1. The highest BCUT2D eigenvalue weighted by Crippen LogP contribution is 2.30. The Morgan fingerprint density at radius 2 is 2.20 bits per heavy atom. The molecule has 6 heteroatoms. The van der Waals surface area contributed by atoms with Crippen LogP contribution < -0.4 is 5.32 Å². The average molecular weight is 286 g/mol. The zero-order chi connectivity index (χ0) is 14.1. The number of hydrogen-bond acceptors (Lipinski definition) is 5. The summed E-state index contributed by atoms with van der Waals surface area (Å²) >= 11 is 1.41. The van der Waals surface area contributed by atoms with Gasteiger partial charge in [-0.2, -0.15) is 0 Å². The molecule has 0 saturated heterocycles. The van der Waals surface area contributed by atoms with Gasteiger partial charge in [0.2, 0.25) is 5.91 Å². The van der Waals surface area contributed by atoms with Crippen molar-refractivity contribution in [2.45, 2.75) is 6.92 Å². The topological polar surface area (TPSA) is 72.2 Å². The van der Waals surface area contributed by atoms with Crippen LogP contribution in [0.15, 0.2) is 34.7 Å². The van der Waals surface area contributed by atoms with Gasteiger partial charge < -0.3 is 9.73 Å². The number of aromatic nitrogens is 1. The normalized spacial score (nSPS) is 10.7. The fourth-order valence-corrected chi connectivity index (χ4v) is 2.75. The van der Waals surface area contributed by atoms with Crippen LogP contribution in [0.1, 0.15) is 17.5 Å². The summed E-state index contributed by atoms with van der Waals surface area (Å²) in [6, 6.07) is 9.04. The number of fused-ring (bicyclic) bond motifs is 1. The molecule has 1 N–H and O–H groups in total. The molecule has 0 bridgehead atoms. The average Bonchev–Trinajstić information content (AvgIpc) is 3.02. The van der Waals surface area contributed by atoms with Gasteiger partial charge in [0, 0.05) is 12.5 Å². The maximum absolute atomic E-state index is 11.0. The molecule has 3 aromatic rings. The fraction of sp³-hybridized carbons (Fsp3) is 0.0714. The number of furan rings is 1. The lowest BCUT2D eigenvalue weighted by Crippen LogP contribution is -2.04. The van der Waals surface area contributed by atoms with Crippen molar-refractivity contribution >= 4 is 38.9 Å². The van der Waals surface area contributed by atoms with Gasteiger partial charge in [0.1, 0.15) is 5.76 Å². The largest absolute Gasteiger partial charge is 0.453 e. The van der Waals surface area contributed by atoms with E-state index in [0.29, 0.717) is 17.2 Å². The zero-order valence-corrected chi connectivity index (χ0v) is 11.4. The number of aldehydes is 1. The van der Waals surface area contributed by atoms with Crippen LogP contribution in [0.5, 0.6) is 0 Å². The molecule has 0 saturated carbocycles. The highest BCUT2D eigenvalue weighted by Gasteiger charge is 2.09. The Kier molecular flexibility index (Phi) is 3.08. The standard InChI is InChI=1S/C14H10N2O3S/c1-8(18)15-14-16-11-6-9(2-5-13(11)20-14)12-4-3-10(7-17)19-12/h2-7H,1H3,(H,15,16,18). The molecule has 0 unspecified atom stereocenters. The third-order valence-electron chi connectivity index (χ3n) is 2.70. The van der Waals surface area contributed by atoms with E-state index in [0.717, 1.165) is 15.8 Å². The van der Waals surface area contributed by atoms with Crippen LogP contribution >= 0.6 is 11.3 Å². The second-order valence-electron chi connectivity index (χ2n) is 4.20. The van der Waals surface area contributed by atoms with E-state index in [9.17, 15) is 9.59 Å². The van der Waals surface area contributed by atoms with Gasteiger partial charge in [-0.05, 0) is 30.3 Å². The van der Waals surface area contributed by atoms with E-state index in [1.54, 1.807) is 12.1 Å². The Morgan fingerprint density at radius 1 is 1.35 bits per heavy atom. The Balaban J connectivity index is 2.01. The maximum Gasteiger partial charge on any atom is 0.223 e. The molecule has 5 nitrogen and oxygen atoms in total. The number of nitrogens with zero attached hydrogens (tertiary/aromatic N) is 1. The molecule has 0 aliphatic carbocycles. The van der Waals surface area contributed by atoms with Crippen molar-refractivity contribution < 1.29 is 14.0 Å². The van der Waals surface area contributed by atoms with E-state index < -0.39 is 0 Å².